The monoisotopic (exact) mass is 433 g/mol. The summed E-state index contributed by atoms with van der Waals surface area (Å²) in [4.78, 5) is 25.0. The third-order valence-corrected chi connectivity index (χ3v) is 6.20. The van der Waals surface area contributed by atoms with Gasteiger partial charge in [0.1, 0.15) is 4.99 Å². The summed E-state index contributed by atoms with van der Waals surface area (Å²) in [7, 11) is 2.15. The van der Waals surface area contributed by atoms with Crippen molar-refractivity contribution >= 4 is 34.8 Å². The van der Waals surface area contributed by atoms with Crippen molar-refractivity contribution in [3.63, 3.8) is 0 Å². The van der Waals surface area contributed by atoms with Crippen molar-refractivity contribution in [1.29, 1.82) is 0 Å². The molecule has 0 aromatic heterocycles. The Labute approximate surface area is 183 Å². The van der Waals surface area contributed by atoms with E-state index in [2.05, 4.69) is 16.8 Å². The number of nitrogens with zero attached hydrogens (tertiary/aromatic N) is 2. The molecule has 0 radical (unpaired) electrons. The lowest BCUT2D eigenvalue weighted by Crippen LogP contribution is -2.41. The Bertz CT molecular complexity index is 744. The van der Waals surface area contributed by atoms with Gasteiger partial charge in [-0.25, -0.2) is 9.59 Å². The summed E-state index contributed by atoms with van der Waals surface area (Å²) >= 11 is 5.68. The molecule has 30 heavy (non-hydrogen) atoms. The second-order valence-corrected chi connectivity index (χ2v) is 8.16. The zero-order valence-electron chi connectivity index (χ0n) is 17.4. The molecule has 4 N–H and O–H groups in total. The zero-order valence-corrected chi connectivity index (χ0v) is 18.2. The number of carbonyl (C=O) groups is 2. The first-order chi connectivity index (χ1) is 14.3. The Morgan fingerprint density at radius 2 is 1.63 bits per heavy atom. The third-order valence-electron chi connectivity index (χ3n) is 5.68. The van der Waals surface area contributed by atoms with E-state index in [1.807, 2.05) is 24.3 Å². The maximum atomic E-state index is 9.55. The van der Waals surface area contributed by atoms with E-state index in [0.29, 0.717) is 18.2 Å². The van der Waals surface area contributed by atoms with Gasteiger partial charge in [0.05, 0.1) is 0 Å². The van der Waals surface area contributed by atoms with Crippen LogP contribution in [0.1, 0.15) is 44.1 Å². The van der Waals surface area contributed by atoms with E-state index in [1.165, 1.54) is 45.1 Å². The number of benzene rings is 1. The molecule has 2 fully saturated rings. The van der Waals surface area contributed by atoms with E-state index in [-0.39, 0.29) is 0 Å². The molecule has 1 atom stereocenters. The molecular formula is C22H31N3O4S. The van der Waals surface area contributed by atoms with Crippen molar-refractivity contribution in [1.82, 2.24) is 9.80 Å². The summed E-state index contributed by atoms with van der Waals surface area (Å²) in [5.74, 6) is -2.51. The van der Waals surface area contributed by atoms with Crippen LogP contribution in [0, 0.1) is 0 Å². The van der Waals surface area contributed by atoms with Crippen LogP contribution in [0.3, 0.4) is 0 Å². The van der Waals surface area contributed by atoms with Crippen LogP contribution in [-0.2, 0) is 9.59 Å². The Hall–Kier alpha value is -2.45. The Kier molecular flexibility index (Phi) is 9.26. The minimum absolute atomic E-state index is 0.548. The number of nitrogens with two attached hydrogens (primary N) is 1. The highest BCUT2D eigenvalue weighted by Gasteiger charge is 2.31. The van der Waals surface area contributed by atoms with E-state index < -0.39 is 11.9 Å². The predicted octanol–water partition coefficient (Wildman–Crippen LogP) is 2.99. The van der Waals surface area contributed by atoms with Crippen LogP contribution in [0.15, 0.2) is 36.4 Å². The SMILES string of the molecule is CN(C(=S)c1ccc(N)cc1)C1CCN(C2CCCCC2)C1.O=C(O)C=CC(=O)O. The number of nitrogen functional groups attached to an aromatic ring is 1. The molecule has 1 aliphatic carbocycles. The number of likely N-dealkylation sites (tertiary alicyclic amines) is 1. The second kappa shape index (κ2) is 11.7. The van der Waals surface area contributed by atoms with E-state index >= 15 is 0 Å². The minimum atomic E-state index is -1.26. The highest BCUT2D eigenvalue weighted by molar-refractivity contribution is 7.80. The lowest BCUT2D eigenvalue weighted by Gasteiger charge is -2.32. The fourth-order valence-electron chi connectivity index (χ4n) is 4.00. The van der Waals surface area contributed by atoms with Gasteiger partial charge >= 0.3 is 11.9 Å². The first kappa shape index (κ1) is 23.8. The average Bonchev–Trinajstić information content (AvgIpc) is 3.23. The minimum Gasteiger partial charge on any atom is -0.478 e. The first-order valence-corrected chi connectivity index (χ1v) is 10.7. The molecule has 2 aliphatic rings. The molecule has 1 saturated carbocycles. The van der Waals surface area contributed by atoms with Crippen molar-refractivity contribution in [3.8, 4) is 0 Å². The number of hydrogen-bond donors (Lipinski definition) is 3. The van der Waals surface area contributed by atoms with Crippen LogP contribution < -0.4 is 5.73 Å². The molecule has 0 bridgehead atoms. The highest BCUT2D eigenvalue weighted by Crippen LogP contribution is 2.27. The van der Waals surface area contributed by atoms with Crippen molar-refractivity contribution in [2.75, 3.05) is 25.9 Å². The van der Waals surface area contributed by atoms with E-state index in [0.717, 1.165) is 28.8 Å². The van der Waals surface area contributed by atoms with Gasteiger partial charge in [-0.05, 0) is 43.5 Å². The number of carboxylic acid groups (broad SMARTS) is 2. The predicted molar refractivity (Wildman–Crippen MR) is 122 cm³/mol. The van der Waals surface area contributed by atoms with Gasteiger partial charge in [0.15, 0.2) is 0 Å². The maximum absolute atomic E-state index is 9.55. The number of carboxylic acids is 2. The fourth-order valence-corrected chi connectivity index (χ4v) is 4.28. The van der Waals surface area contributed by atoms with Gasteiger partial charge in [0, 0.05) is 55.6 Å². The van der Waals surface area contributed by atoms with Crippen molar-refractivity contribution < 1.29 is 19.8 Å². The van der Waals surface area contributed by atoms with Gasteiger partial charge in [0.25, 0.3) is 0 Å². The summed E-state index contributed by atoms with van der Waals surface area (Å²) in [6.07, 6.45) is 9.36. The number of anilines is 1. The Morgan fingerprint density at radius 3 is 2.17 bits per heavy atom. The van der Waals surface area contributed by atoms with Crippen LogP contribution in [-0.4, -0.2) is 69.2 Å². The number of thiocarbonyl (C=S) groups is 1. The van der Waals surface area contributed by atoms with E-state index in [9.17, 15) is 9.59 Å². The lowest BCUT2D eigenvalue weighted by molar-refractivity contribution is -0.134. The zero-order chi connectivity index (χ0) is 22.1. The van der Waals surface area contributed by atoms with Crippen LogP contribution >= 0.6 is 12.2 Å². The molecule has 1 unspecified atom stereocenters. The molecule has 1 saturated heterocycles. The molecule has 3 rings (SSSR count). The van der Waals surface area contributed by atoms with Crippen molar-refractivity contribution in [3.05, 3.63) is 42.0 Å². The standard InChI is InChI=1S/C18H27N3S.C4H4O4/c1-20(18(22)14-7-9-15(19)10-8-14)17-11-12-21(13-17)16-5-3-2-4-6-16;5-3(6)1-2-4(7)8/h7-10,16-17H,2-6,11-13,19H2,1H3;1-2H,(H,5,6)(H,7,8). The lowest BCUT2D eigenvalue weighted by atomic mass is 9.94. The number of hydrogen-bond acceptors (Lipinski definition) is 5. The average molecular weight is 434 g/mol. The molecular weight excluding hydrogens is 402 g/mol. The van der Waals surface area contributed by atoms with Crippen LogP contribution in [0.5, 0.6) is 0 Å². The topological polar surface area (TPSA) is 107 Å². The quantitative estimate of drug-likeness (QED) is 0.370. The summed E-state index contributed by atoms with van der Waals surface area (Å²) in [6, 6.07) is 9.28. The number of rotatable bonds is 5. The normalized spacial score (nSPS) is 19.8. The third kappa shape index (κ3) is 7.42. The largest absolute Gasteiger partial charge is 0.478 e. The van der Waals surface area contributed by atoms with Gasteiger partial charge < -0.3 is 20.8 Å². The highest BCUT2D eigenvalue weighted by atomic mass is 32.1. The van der Waals surface area contributed by atoms with E-state index in [1.54, 1.807) is 0 Å². The second-order valence-electron chi connectivity index (χ2n) is 7.78. The molecule has 1 heterocycles. The fraction of sp³-hybridized carbons (Fsp3) is 0.500. The van der Waals surface area contributed by atoms with Crippen molar-refractivity contribution in [2.24, 2.45) is 0 Å². The molecule has 0 spiro atoms. The first-order valence-electron chi connectivity index (χ1n) is 10.3. The molecule has 8 heteroatoms. The van der Waals surface area contributed by atoms with E-state index in [4.69, 9.17) is 28.2 Å². The molecule has 1 aromatic rings. The smallest absolute Gasteiger partial charge is 0.328 e. The number of aliphatic carboxylic acids is 2. The Morgan fingerprint density at radius 1 is 1.07 bits per heavy atom. The molecule has 1 aromatic carbocycles. The Balaban J connectivity index is 0.000000343. The van der Waals surface area contributed by atoms with Gasteiger partial charge in [-0.1, -0.05) is 31.5 Å². The summed E-state index contributed by atoms with van der Waals surface area (Å²) in [6.45, 7) is 2.39. The maximum Gasteiger partial charge on any atom is 0.328 e. The summed E-state index contributed by atoms with van der Waals surface area (Å²) in [5.41, 5.74) is 7.65. The number of likely N-dealkylation sites (N-methyl/N-ethyl adjacent to an activating group) is 1. The molecule has 164 valence electrons. The van der Waals surface area contributed by atoms with Gasteiger partial charge in [0.2, 0.25) is 0 Å². The van der Waals surface area contributed by atoms with Crippen LogP contribution in [0.25, 0.3) is 0 Å². The van der Waals surface area contributed by atoms with Crippen molar-refractivity contribution in [2.45, 2.75) is 50.6 Å². The van der Waals surface area contributed by atoms with Crippen LogP contribution in [0.4, 0.5) is 5.69 Å². The summed E-state index contributed by atoms with van der Waals surface area (Å²) in [5, 5.41) is 15.6. The van der Waals surface area contributed by atoms with Gasteiger partial charge in [-0.15, -0.1) is 0 Å². The molecule has 0 amide bonds. The van der Waals surface area contributed by atoms with Gasteiger partial charge in [-0.3, -0.25) is 4.90 Å². The van der Waals surface area contributed by atoms with Crippen LogP contribution in [0.2, 0.25) is 0 Å². The molecule has 7 nitrogen and oxygen atoms in total. The van der Waals surface area contributed by atoms with Gasteiger partial charge in [-0.2, -0.15) is 0 Å². The summed E-state index contributed by atoms with van der Waals surface area (Å²) < 4.78 is 0. The molecule has 1 aliphatic heterocycles.